The van der Waals surface area contributed by atoms with Crippen LogP contribution in [-0.4, -0.2) is 44.7 Å². The number of rotatable bonds is 6. The Morgan fingerprint density at radius 1 is 1.14 bits per heavy atom. The molecule has 4 nitrogen and oxygen atoms in total. The third kappa shape index (κ3) is 4.20. The molecule has 2 rings (SSSR count). The van der Waals surface area contributed by atoms with E-state index in [1.807, 2.05) is 37.3 Å². The summed E-state index contributed by atoms with van der Waals surface area (Å²) < 4.78 is 26.6. The summed E-state index contributed by atoms with van der Waals surface area (Å²) in [5.74, 6) is 0.131. The van der Waals surface area contributed by atoms with Crippen molar-refractivity contribution in [1.82, 2.24) is 4.90 Å². The standard InChI is InChI=1S/C16H26N2O2S/c1-3-21(19,20)18(16-10-6-4-7-11-16)15(2)14-17-12-8-5-9-13-17/h4,6-7,10-11,15H,3,5,8-9,12-14H2,1-2H3. The molecule has 1 heterocycles. The van der Waals surface area contributed by atoms with Crippen molar-refractivity contribution in [2.75, 3.05) is 29.7 Å². The van der Waals surface area contributed by atoms with Gasteiger partial charge in [0.2, 0.25) is 10.0 Å². The van der Waals surface area contributed by atoms with Crippen LogP contribution < -0.4 is 4.31 Å². The molecule has 1 saturated heterocycles. The molecule has 0 aromatic heterocycles. The number of benzene rings is 1. The van der Waals surface area contributed by atoms with E-state index < -0.39 is 10.0 Å². The van der Waals surface area contributed by atoms with Crippen LogP contribution in [0.3, 0.4) is 0 Å². The Kier molecular flexibility index (Phi) is 5.65. The van der Waals surface area contributed by atoms with Gasteiger partial charge in [-0.05, 0) is 51.9 Å². The van der Waals surface area contributed by atoms with Crippen LogP contribution in [0.2, 0.25) is 0 Å². The van der Waals surface area contributed by atoms with Crippen molar-refractivity contribution >= 4 is 15.7 Å². The van der Waals surface area contributed by atoms with Gasteiger partial charge in [-0.3, -0.25) is 4.31 Å². The van der Waals surface area contributed by atoms with E-state index in [1.54, 1.807) is 11.2 Å². The normalized spacial score (nSPS) is 18.4. The lowest BCUT2D eigenvalue weighted by atomic mass is 10.1. The van der Waals surface area contributed by atoms with E-state index >= 15 is 0 Å². The molecule has 0 spiro atoms. The summed E-state index contributed by atoms with van der Waals surface area (Å²) in [6, 6.07) is 9.40. The maximum Gasteiger partial charge on any atom is 0.235 e. The average Bonchev–Trinajstić information content (AvgIpc) is 2.49. The number of hydrogen-bond donors (Lipinski definition) is 0. The van der Waals surface area contributed by atoms with Crippen molar-refractivity contribution in [1.29, 1.82) is 0 Å². The van der Waals surface area contributed by atoms with E-state index in [9.17, 15) is 8.42 Å². The van der Waals surface area contributed by atoms with Gasteiger partial charge in [-0.1, -0.05) is 24.6 Å². The first kappa shape index (κ1) is 16.3. The predicted octanol–water partition coefficient (Wildman–Crippen LogP) is 2.72. The molecule has 1 aromatic rings. The molecule has 0 saturated carbocycles. The molecule has 0 amide bonds. The van der Waals surface area contributed by atoms with E-state index in [1.165, 1.54) is 19.3 Å². The molecule has 21 heavy (non-hydrogen) atoms. The number of likely N-dealkylation sites (tertiary alicyclic amines) is 1. The molecule has 1 aliphatic rings. The fraction of sp³-hybridized carbons (Fsp3) is 0.625. The molecule has 0 bridgehead atoms. The number of anilines is 1. The molecule has 0 N–H and O–H groups in total. The number of sulfonamides is 1. The minimum Gasteiger partial charge on any atom is -0.301 e. The van der Waals surface area contributed by atoms with Crippen LogP contribution in [-0.2, 0) is 10.0 Å². The van der Waals surface area contributed by atoms with E-state index in [2.05, 4.69) is 4.90 Å². The molecule has 5 heteroatoms. The van der Waals surface area contributed by atoms with Gasteiger partial charge in [-0.25, -0.2) is 8.42 Å². The molecular weight excluding hydrogens is 284 g/mol. The summed E-state index contributed by atoms with van der Waals surface area (Å²) in [6.45, 7) is 6.68. The Morgan fingerprint density at radius 2 is 1.76 bits per heavy atom. The Labute approximate surface area is 128 Å². The summed E-state index contributed by atoms with van der Waals surface area (Å²) in [6.07, 6.45) is 3.73. The van der Waals surface area contributed by atoms with Crippen molar-refractivity contribution in [2.24, 2.45) is 0 Å². The Balaban J connectivity index is 2.19. The first-order valence-corrected chi connectivity index (χ1v) is 9.45. The minimum absolute atomic E-state index is 0.0459. The van der Waals surface area contributed by atoms with Gasteiger partial charge in [0.15, 0.2) is 0 Å². The van der Waals surface area contributed by atoms with Crippen LogP contribution in [0.25, 0.3) is 0 Å². The highest BCUT2D eigenvalue weighted by atomic mass is 32.2. The van der Waals surface area contributed by atoms with Crippen LogP contribution in [0.1, 0.15) is 33.1 Å². The van der Waals surface area contributed by atoms with Gasteiger partial charge in [0.1, 0.15) is 0 Å². The van der Waals surface area contributed by atoms with Crippen molar-refractivity contribution in [3.8, 4) is 0 Å². The molecule has 0 aliphatic carbocycles. The Bertz CT molecular complexity index is 524. The second kappa shape index (κ2) is 7.27. The highest BCUT2D eigenvalue weighted by Crippen LogP contribution is 2.22. The molecular formula is C16H26N2O2S. The number of nitrogens with zero attached hydrogens (tertiary/aromatic N) is 2. The van der Waals surface area contributed by atoms with Crippen LogP contribution >= 0.6 is 0 Å². The molecule has 0 radical (unpaired) electrons. The smallest absolute Gasteiger partial charge is 0.235 e. The van der Waals surface area contributed by atoms with Gasteiger partial charge in [-0.15, -0.1) is 0 Å². The second-order valence-corrected chi connectivity index (χ2v) is 7.88. The van der Waals surface area contributed by atoms with Crippen molar-refractivity contribution in [3.63, 3.8) is 0 Å². The average molecular weight is 310 g/mol. The number of piperidine rings is 1. The van der Waals surface area contributed by atoms with Gasteiger partial charge in [0.05, 0.1) is 17.5 Å². The molecule has 1 atom stereocenters. The number of hydrogen-bond acceptors (Lipinski definition) is 3. The summed E-state index contributed by atoms with van der Waals surface area (Å²) >= 11 is 0. The van der Waals surface area contributed by atoms with E-state index in [0.717, 1.165) is 25.3 Å². The SMILES string of the molecule is CCS(=O)(=O)N(c1ccccc1)C(C)CN1CCCCC1. The second-order valence-electron chi connectivity index (χ2n) is 5.74. The highest BCUT2D eigenvalue weighted by molar-refractivity contribution is 7.92. The van der Waals surface area contributed by atoms with Crippen LogP contribution in [0.5, 0.6) is 0 Å². The lowest BCUT2D eigenvalue weighted by molar-refractivity contribution is 0.220. The zero-order chi connectivity index (χ0) is 15.3. The minimum atomic E-state index is -3.26. The summed E-state index contributed by atoms with van der Waals surface area (Å²) in [7, 11) is -3.26. The lowest BCUT2D eigenvalue weighted by Crippen LogP contribution is -2.47. The highest BCUT2D eigenvalue weighted by Gasteiger charge is 2.27. The summed E-state index contributed by atoms with van der Waals surface area (Å²) in [5, 5.41) is 0. The van der Waals surface area contributed by atoms with Crippen LogP contribution in [0.4, 0.5) is 5.69 Å². The van der Waals surface area contributed by atoms with Crippen LogP contribution in [0, 0.1) is 0 Å². The molecule has 1 unspecified atom stereocenters. The van der Waals surface area contributed by atoms with Crippen molar-refractivity contribution < 1.29 is 8.42 Å². The zero-order valence-corrected chi connectivity index (χ0v) is 13.8. The summed E-state index contributed by atoms with van der Waals surface area (Å²) in [4.78, 5) is 2.38. The predicted molar refractivity (Wildman–Crippen MR) is 88.1 cm³/mol. The van der Waals surface area contributed by atoms with E-state index in [0.29, 0.717) is 0 Å². The zero-order valence-electron chi connectivity index (χ0n) is 13.0. The van der Waals surface area contributed by atoms with Gasteiger partial charge in [-0.2, -0.15) is 0 Å². The van der Waals surface area contributed by atoms with Crippen molar-refractivity contribution in [2.45, 2.75) is 39.2 Å². The largest absolute Gasteiger partial charge is 0.301 e. The first-order valence-electron chi connectivity index (χ1n) is 7.84. The van der Waals surface area contributed by atoms with Crippen LogP contribution in [0.15, 0.2) is 30.3 Å². The third-order valence-corrected chi connectivity index (χ3v) is 5.95. The van der Waals surface area contributed by atoms with E-state index in [-0.39, 0.29) is 11.8 Å². The molecule has 1 aromatic carbocycles. The fourth-order valence-corrected chi connectivity index (χ4v) is 4.33. The summed E-state index contributed by atoms with van der Waals surface area (Å²) in [5.41, 5.74) is 0.767. The first-order chi connectivity index (χ1) is 10.0. The Morgan fingerprint density at radius 3 is 2.33 bits per heavy atom. The lowest BCUT2D eigenvalue weighted by Gasteiger charge is -2.35. The van der Waals surface area contributed by atoms with Crippen molar-refractivity contribution in [3.05, 3.63) is 30.3 Å². The maximum absolute atomic E-state index is 12.5. The molecule has 1 aliphatic heterocycles. The number of para-hydroxylation sites is 1. The topological polar surface area (TPSA) is 40.6 Å². The van der Waals surface area contributed by atoms with Gasteiger partial charge in [0.25, 0.3) is 0 Å². The van der Waals surface area contributed by atoms with Gasteiger partial charge < -0.3 is 4.90 Å². The molecule has 118 valence electrons. The van der Waals surface area contributed by atoms with Gasteiger partial charge >= 0.3 is 0 Å². The fourth-order valence-electron chi connectivity index (χ4n) is 2.99. The van der Waals surface area contributed by atoms with Gasteiger partial charge in [0, 0.05) is 6.54 Å². The Hall–Kier alpha value is -1.07. The monoisotopic (exact) mass is 310 g/mol. The maximum atomic E-state index is 12.5. The third-order valence-electron chi connectivity index (χ3n) is 4.05. The van der Waals surface area contributed by atoms with E-state index in [4.69, 9.17) is 0 Å². The quantitative estimate of drug-likeness (QED) is 0.811. The molecule has 1 fully saturated rings.